The summed E-state index contributed by atoms with van der Waals surface area (Å²) in [6.45, 7) is 2.58. The Morgan fingerprint density at radius 1 is 1.18 bits per heavy atom. The summed E-state index contributed by atoms with van der Waals surface area (Å²) in [5.74, 6) is 0.418. The van der Waals surface area contributed by atoms with Gasteiger partial charge in [-0.2, -0.15) is 5.10 Å². The van der Waals surface area contributed by atoms with Crippen LogP contribution in [0.3, 0.4) is 0 Å². The highest BCUT2D eigenvalue weighted by Gasteiger charge is 2.40. The fraction of sp³-hybridized carbons (Fsp3) is 0.346. The highest BCUT2D eigenvalue weighted by molar-refractivity contribution is 5.90. The van der Waals surface area contributed by atoms with Crippen molar-refractivity contribution in [2.45, 2.75) is 25.3 Å². The summed E-state index contributed by atoms with van der Waals surface area (Å²) < 4.78 is 13.1. The van der Waals surface area contributed by atoms with E-state index in [1.807, 2.05) is 18.6 Å². The van der Waals surface area contributed by atoms with Gasteiger partial charge in [0.05, 0.1) is 6.20 Å². The van der Waals surface area contributed by atoms with Crippen LogP contribution >= 0.6 is 0 Å². The maximum Gasteiger partial charge on any atom is 0.223 e. The zero-order chi connectivity index (χ0) is 22.8. The van der Waals surface area contributed by atoms with E-state index in [0.717, 1.165) is 54.0 Å². The van der Waals surface area contributed by atoms with E-state index >= 15 is 0 Å². The van der Waals surface area contributed by atoms with Crippen molar-refractivity contribution in [3.05, 3.63) is 71.8 Å². The molecule has 0 spiro atoms. The number of nitrogens with one attached hydrogen (secondary N) is 1. The third-order valence-electron chi connectivity index (χ3n) is 6.74. The minimum Gasteiger partial charge on any atom is -0.369 e. The van der Waals surface area contributed by atoms with Crippen molar-refractivity contribution in [3.8, 4) is 11.1 Å². The van der Waals surface area contributed by atoms with Gasteiger partial charge in [0.2, 0.25) is 5.91 Å². The summed E-state index contributed by atoms with van der Waals surface area (Å²) >= 11 is 0. The number of carbonyl (C=O) groups excluding carboxylic acids is 1. The van der Waals surface area contributed by atoms with Crippen LogP contribution < -0.4 is 4.90 Å². The lowest BCUT2D eigenvalue weighted by atomic mass is 9.97. The SMILES string of the molecule is CN=Cc1cc(-c2cn[nH]c2)ccc1N1C[C@@H]2C[C@@H](C1)N(C(=O)CCc1ccc(F)cc1)C2. The molecule has 2 aliphatic heterocycles. The van der Waals surface area contributed by atoms with Crippen LogP contribution in [0.1, 0.15) is 24.0 Å². The number of likely N-dealkylation sites (tertiary alicyclic amines) is 1. The first kappa shape index (κ1) is 21.4. The third-order valence-corrected chi connectivity index (χ3v) is 6.74. The molecular weight excluding hydrogens is 417 g/mol. The van der Waals surface area contributed by atoms with E-state index in [1.54, 1.807) is 19.2 Å². The molecule has 1 amide bonds. The number of anilines is 1. The molecular formula is C26H28FN5O. The third kappa shape index (κ3) is 4.53. The largest absolute Gasteiger partial charge is 0.369 e. The molecule has 0 radical (unpaired) electrons. The average Bonchev–Trinajstić information content (AvgIpc) is 3.46. The minimum atomic E-state index is -0.246. The first-order valence-corrected chi connectivity index (χ1v) is 11.4. The standard InChI is InChI=1S/C26H28FN5O/c1-28-12-21-11-20(22-13-29-30-14-22)5-8-25(21)31-15-19-10-24(17-31)32(16-19)26(33)9-4-18-2-6-23(27)7-3-18/h2-3,5-8,11-14,19,24H,4,9-10,15-17H2,1H3,(H,29,30)/t19-,24-/m0/s1. The van der Waals surface area contributed by atoms with Gasteiger partial charge in [-0.3, -0.25) is 14.9 Å². The molecule has 1 N–H and O–H groups in total. The Kier molecular flexibility index (Phi) is 5.94. The van der Waals surface area contributed by atoms with Crippen molar-refractivity contribution in [2.24, 2.45) is 10.9 Å². The van der Waals surface area contributed by atoms with Gasteiger partial charge >= 0.3 is 0 Å². The average molecular weight is 446 g/mol. The molecule has 3 aromatic rings. The number of piperidine rings is 1. The summed E-state index contributed by atoms with van der Waals surface area (Å²) in [5.41, 5.74) is 5.37. The van der Waals surface area contributed by atoms with Gasteiger partial charge in [-0.1, -0.05) is 18.2 Å². The van der Waals surface area contributed by atoms with Gasteiger partial charge in [-0.15, -0.1) is 0 Å². The number of carbonyl (C=O) groups is 1. The first-order valence-electron chi connectivity index (χ1n) is 11.4. The van der Waals surface area contributed by atoms with Crippen LogP contribution in [0.15, 0.2) is 59.9 Å². The number of aryl methyl sites for hydroxylation is 1. The van der Waals surface area contributed by atoms with Crippen LogP contribution in [0.4, 0.5) is 10.1 Å². The number of hydrogen-bond donors (Lipinski definition) is 1. The first-order chi connectivity index (χ1) is 16.1. The molecule has 0 unspecified atom stereocenters. The number of rotatable bonds is 6. The second-order valence-electron chi connectivity index (χ2n) is 8.98. The molecule has 170 valence electrons. The Balaban J connectivity index is 1.29. The highest BCUT2D eigenvalue weighted by atomic mass is 19.1. The van der Waals surface area contributed by atoms with Crippen LogP contribution in [-0.2, 0) is 11.2 Å². The second-order valence-corrected chi connectivity index (χ2v) is 8.98. The molecule has 2 saturated heterocycles. The predicted octanol–water partition coefficient (Wildman–Crippen LogP) is 3.93. The predicted molar refractivity (Wildman–Crippen MR) is 128 cm³/mol. The Morgan fingerprint density at radius 3 is 2.79 bits per heavy atom. The summed E-state index contributed by atoms with van der Waals surface area (Å²) in [4.78, 5) is 21.8. The van der Waals surface area contributed by atoms with E-state index in [0.29, 0.717) is 18.8 Å². The number of nitrogens with zero attached hydrogens (tertiary/aromatic N) is 4. The maximum atomic E-state index is 13.1. The van der Waals surface area contributed by atoms with Gasteiger partial charge in [0.1, 0.15) is 5.82 Å². The fourth-order valence-electron chi connectivity index (χ4n) is 5.18. The highest BCUT2D eigenvalue weighted by Crippen LogP contribution is 2.35. The molecule has 6 nitrogen and oxygen atoms in total. The lowest BCUT2D eigenvalue weighted by Gasteiger charge is -2.35. The van der Waals surface area contributed by atoms with Crippen molar-refractivity contribution in [1.29, 1.82) is 0 Å². The number of aromatic amines is 1. The molecule has 5 rings (SSSR count). The fourth-order valence-corrected chi connectivity index (χ4v) is 5.18. The number of aliphatic imine (C=N–C) groups is 1. The minimum absolute atomic E-state index is 0.194. The Bertz CT molecular complexity index is 1140. The van der Waals surface area contributed by atoms with Gasteiger partial charge in [0.15, 0.2) is 0 Å². The number of fused-ring (bicyclic) bond motifs is 2. The van der Waals surface area contributed by atoms with Gasteiger partial charge < -0.3 is 9.80 Å². The number of amides is 1. The van der Waals surface area contributed by atoms with Crippen molar-refractivity contribution in [1.82, 2.24) is 15.1 Å². The Hall–Kier alpha value is -3.48. The van der Waals surface area contributed by atoms with Crippen molar-refractivity contribution in [3.63, 3.8) is 0 Å². The van der Waals surface area contributed by atoms with Crippen molar-refractivity contribution < 1.29 is 9.18 Å². The van der Waals surface area contributed by atoms with Crippen LogP contribution in [0.25, 0.3) is 11.1 Å². The van der Waals surface area contributed by atoms with Gasteiger partial charge in [0, 0.05) is 68.4 Å². The van der Waals surface area contributed by atoms with Gasteiger partial charge in [-0.25, -0.2) is 4.39 Å². The summed E-state index contributed by atoms with van der Waals surface area (Å²) in [6.07, 6.45) is 7.77. The van der Waals surface area contributed by atoms with Crippen LogP contribution in [0.2, 0.25) is 0 Å². The molecule has 0 saturated carbocycles. The van der Waals surface area contributed by atoms with Gasteiger partial charge in [-0.05, 0) is 54.2 Å². The molecule has 2 aliphatic rings. The number of aromatic nitrogens is 2. The topological polar surface area (TPSA) is 64.6 Å². The van der Waals surface area contributed by atoms with Crippen molar-refractivity contribution >= 4 is 17.8 Å². The summed E-state index contributed by atoms with van der Waals surface area (Å²) in [7, 11) is 1.79. The van der Waals surface area contributed by atoms with Crippen LogP contribution in [0, 0.1) is 11.7 Å². The van der Waals surface area contributed by atoms with E-state index in [-0.39, 0.29) is 17.8 Å². The Morgan fingerprint density at radius 2 is 2.03 bits per heavy atom. The van der Waals surface area contributed by atoms with Crippen molar-refractivity contribution in [2.75, 3.05) is 31.6 Å². The molecule has 1 aromatic heterocycles. The lowest BCUT2D eigenvalue weighted by molar-refractivity contribution is -0.131. The lowest BCUT2D eigenvalue weighted by Crippen LogP contribution is -2.44. The molecule has 3 heterocycles. The molecule has 2 fully saturated rings. The van der Waals surface area contributed by atoms with E-state index in [1.165, 1.54) is 12.1 Å². The maximum absolute atomic E-state index is 13.1. The molecule has 7 heteroatoms. The number of halogens is 1. The zero-order valence-electron chi connectivity index (χ0n) is 18.7. The van der Waals surface area contributed by atoms with E-state index < -0.39 is 0 Å². The second kappa shape index (κ2) is 9.17. The molecule has 2 aromatic carbocycles. The molecule has 0 aliphatic carbocycles. The van der Waals surface area contributed by atoms with Gasteiger partial charge in [0.25, 0.3) is 0 Å². The summed E-state index contributed by atoms with van der Waals surface area (Å²) in [6, 6.07) is 13.1. The number of H-pyrrole nitrogens is 1. The van der Waals surface area contributed by atoms with E-state index in [4.69, 9.17) is 0 Å². The van der Waals surface area contributed by atoms with E-state index in [2.05, 4.69) is 43.2 Å². The zero-order valence-corrected chi connectivity index (χ0v) is 18.7. The number of benzene rings is 2. The Labute approximate surface area is 193 Å². The monoisotopic (exact) mass is 445 g/mol. The number of hydrogen-bond acceptors (Lipinski definition) is 4. The van der Waals surface area contributed by atoms with Crippen LogP contribution in [-0.4, -0.2) is 59.9 Å². The molecule has 33 heavy (non-hydrogen) atoms. The molecule has 2 bridgehead atoms. The van der Waals surface area contributed by atoms with E-state index in [9.17, 15) is 9.18 Å². The van der Waals surface area contributed by atoms with Crippen LogP contribution in [0.5, 0.6) is 0 Å². The quantitative estimate of drug-likeness (QED) is 0.585. The smallest absolute Gasteiger partial charge is 0.223 e. The normalized spacial score (nSPS) is 20.1. The molecule has 2 atom stereocenters. The summed E-state index contributed by atoms with van der Waals surface area (Å²) in [5, 5.41) is 6.92.